The third-order valence-electron chi connectivity index (χ3n) is 1.66. The molecule has 1 aromatic heterocycles. The molecule has 0 spiro atoms. The van der Waals surface area contributed by atoms with Crippen LogP contribution in [0.1, 0.15) is 5.69 Å². The van der Waals surface area contributed by atoms with Crippen molar-refractivity contribution >= 4 is 0 Å². The Labute approximate surface area is 82.4 Å². The minimum Gasteiger partial charge on any atom is -0.485 e. The lowest BCUT2D eigenvalue weighted by atomic mass is 10.3. The predicted octanol–water partition coefficient (Wildman–Crippen LogP) is 1.58. The maximum Gasteiger partial charge on any atom is 0.141 e. The summed E-state index contributed by atoms with van der Waals surface area (Å²) in [6.45, 7) is 1.89. The lowest BCUT2D eigenvalue weighted by molar-refractivity contribution is 0.315. The van der Waals surface area contributed by atoms with E-state index in [-0.39, 0.29) is 19.0 Å². The maximum atomic E-state index is 12.9. The highest BCUT2D eigenvalue weighted by Gasteiger charge is 2.00. The van der Waals surface area contributed by atoms with Gasteiger partial charge in [-0.05, 0) is 25.1 Å². The zero-order valence-corrected chi connectivity index (χ0v) is 8.03. The quantitative estimate of drug-likeness (QED) is 0.795. The van der Waals surface area contributed by atoms with Crippen molar-refractivity contribution in [1.29, 1.82) is 0 Å². The van der Waals surface area contributed by atoms with E-state index in [0.717, 1.165) is 5.69 Å². The van der Waals surface area contributed by atoms with Crippen molar-refractivity contribution in [3.05, 3.63) is 35.9 Å². The molecular weight excluding hydrogens is 183 g/mol. The Morgan fingerprint density at radius 3 is 3.14 bits per heavy atom. The fourth-order valence-corrected chi connectivity index (χ4v) is 0.956. The van der Waals surface area contributed by atoms with Crippen molar-refractivity contribution in [1.82, 2.24) is 4.98 Å². The number of aromatic nitrogens is 1. The zero-order chi connectivity index (χ0) is 10.4. The molecule has 0 aliphatic carbocycles. The third-order valence-corrected chi connectivity index (χ3v) is 1.66. The van der Waals surface area contributed by atoms with Gasteiger partial charge in [0, 0.05) is 12.7 Å². The van der Waals surface area contributed by atoms with Crippen LogP contribution >= 0.6 is 0 Å². The number of hydrogen-bond acceptors (Lipinski definition) is 3. The number of nitrogens with zero attached hydrogens (tertiary/aromatic N) is 1. The first-order valence-corrected chi connectivity index (χ1v) is 4.33. The van der Waals surface area contributed by atoms with E-state index in [9.17, 15) is 4.39 Å². The molecule has 0 radical (unpaired) electrons. The Hall–Kier alpha value is -1.42. The smallest absolute Gasteiger partial charge is 0.141 e. The molecule has 0 fully saturated rings. The summed E-state index contributed by atoms with van der Waals surface area (Å²) in [5.74, 6) is 0.226. The monoisotopic (exact) mass is 196 g/mol. The van der Waals surface area contributed by atoms with E-state index in [1.54, 1.807) is 25.3 Å². The highest BCUT2D eigenvalue weighted by molar-refractivity contribution is 5.25. The Morgan fingerprint density at radius 1 is 1.71 bits per heavy atom. The van der Waals surface area contributed by atoms with Crippen molar-refractivity contribution in [2.24, 2.45) is 5.73 Å². The molecule has 0 atom stereocenters. The van der Waals surface area contributed by atoms with Crippen LogP contribution in [0.3, 0.4) is 0 Å². The Balaban J connectivity index is 2.54. The van der Waals surface area contributed by atoms with Crippen LogP contribution in [-0.4, -0.2) is 18.1 Å². The molecule has 0 aromatic carbocycles. The number of ether oxygens (including phenoxy) is 1. The van der Waals surface area contributed by atoms with E-state index in [1.807, 2.05) is 0 Å². The molecular formula is C10H13FN2O. The van der Waals surface area contributed by atoms with E-state index >= 15 is 0 Å². The minimum absolute atomic E-state index is 0.0935. The van der Waals surface area contributed by atoms with E-state index < -0.39 is 0 Å². The lowest BCUT2D eigenvalue weighted by Gasteiger charge is -2.06. The van der Waals surface area contributed by atoms with Crippen LogP contribution in [0.5, 0.6) is 5.75 Å². The van der Waals surface area contributed by atoms with Gasteiger partial charge in [0.2, 0.25) is 0 Å². The van der Waals surface area contributed by atoms with Crippen molar-refractivity contribution in [3.8, 4) is 5.75 Å². The van der Waals surface area contributed by atoms with E-state index in [0.29, 0.717) is 5.75 Å². The number of halogens is 1. The zero-order valence-electron chi connectivity index (χ0n) is 8.03. The second-order valence-corrected chi connectivity index (χ2v) is 2.76. The van der Waals surface area contributed by atoms with Gasteiger partial charge in [-0.2, -0.15) is 0 Å². The Bertz CT molecular complexity index is 326. The van der Waals surface area contributed by atoms with Gasteiger partial charge in [-0.3, -0.25) is 4.98 Å². The molecule has 1 aromatic rings. The molecule has 0 aliphatic rings. The second kappa shape index (κ2) is 5.34. The largest absolute Gasteiger partial charge is 0.485 e. The summed E-state index contributed by atoms with van der Waals surface area (Å²) in [4.78, 5) is 4.01. The summed E-state index contributed by atoms with van der Waals surface area (Å²) in [6, 6.07) is 3.49. The molecule has 0 aliphatic heterocycles. The first-order chi connectivity index (χ1) is 6.74. The van der Waals surface area contributed by atoms with Crippen molar-refractivity contribution in [2.75, 3.05) is 13.2 Å². The Kier molecular flexibility index (Phi) is 4.07. The van der Waals surface area contributed by atoms with Gasteiger partial charge in [0.25, 0.3) is 0 Å². The molecule has 0 saturated heterocycles. The number of hydrogen-bond donors (Lipinski definition) is 1. The van der Waals surface area contributed by atoms with Crippen LogP contribution in [0.25, 0.3) is 0 Å². The fraction of sp³-hybridized carbons (Fsp3) is 0.300. The van der Waals surface area contributed by atoms with Crippen LogP contribution in [0.4, 0.5) is 4.39 Å². The Morgan fingerprint density at radius 2 is 2.50 bits per heavy atom. The molecule has 1 heterocycles. The predicted molar refractivity (Wildman–Crippen MR) is 52.7 cm³/mol. The summed E-state index contributed by atoms with van der Waals surface area (Å²) in [5, 5.41) is 0. The average Bonchev–Trinajstić information content (AvgIpc) is 2.17. The summed E-state index contributed by atoms with van der Waals surface area (Å²) >= 11 is 0. The molecule has 1 rings (SSSR count). The van der Waals surface area contributed by atoms with Gasteiger partial charge in [-0.15, -0.1) is 0 Å². The van der Waals surface area contributed by atoms with Gasteiger partial charge in [-0.25, -0.2) is 4.39 Å². The van der Waals surface area contributed by atoms with Gasteiger partial charge in [0.05, 0.1) is 5.69 Å². The number of pyridine rings is 1. The summed E-state index contributed by atoms with van der Waals surface area (Å²) < 4.78 is 18.0. The van der Waals surface area contributed by atoms with Crippen molar-refractivity contribution < 1.29 is 9.13 Å². The third kappa shape index (κ3) is 3.14. The van der Waals surface area contributed by atoms with Gasteiger partial charge >= 0.3 is 0 Å². The molecule has 3 nitrogen and oxygen atoms in total. The van der Waals surface area contributed by atoms with Gasteiger partial charge in [0.15, 0.2) is 0 Å². The number of aryl methyl sites for hydroxylation is 1. The highest BCUT2D eigenvalue weighted by atomic mass is 19.1. The lowest BCUT2D eigenvalue weighted by Crippen LogP contribution is -2.02. The molecule has 4 heteroatoms. The van der Waals surface area contributed by atoms with Crippen LogP contribution in [0, 0.1) is 6.92 Å². The van der Waals surface area contributed by atoms with Gasteiger partial charge < -0.3 is 10.5 Å². The van der Waals surface area contributed by atoms with E-state index in [1.165, 1.54) is 6.08 Å². The van der Waals surface area contributed by atoms with E-state index in [2.05, 4.69) is 4.98 Å². The first-order valence-electron chi connectivity index (χ1n) is 4.33. The van der Waals surface area contributed by atoms with Crippen molar-refractivity contribution in [2.45, 2.75) is 6.92 Å². The van der Waals surface area contributed by atoms with Crippen LogP contribution in [0.15, 0.2) is 30.2 Å². The number of nitrogens with two attached hydrogens (primary N) is 1. The second-order valence-electron chi connectivity index (χ2n) is 2.76. The van der Waals surface area contributed by atoms with Gasteiger partial charge in [0.1, 0.15) is 18.2 Å². The van der Waals surface area contributed by atoms with Crippen LogP contribution in [0.2, 0.25) is 0 Å². The molecule has 0 unspecified atom stereocenters. The molecule has 2 N–H and O–H groups in total. The topological polar surface area (TPSA) is 48.1 Å². The SMILES string of the molecule is Cc1ncccc1OC/C(F)=C/CN. The number of rotatable bonds is 4. The normalized spacial score (nSPS) is 11.5. The molecule has 76 valence electrons. The van der Waals surface area contributed by atoms with Gasteiger partial charge in [-0.1, -0.05) is 0 Å². The highest BCUT2D eigenvalue weighted by Crippen LogP contribution is 2.14. The minimum atomic E-state index is -0.365. The van der Waals surface area contributed by atoms with Crippen LogP contribution < -0.4 is 10.5 Å². The van der Waals surface area contributed by atoms with Crippen LogP contribution in [-0.2, 0) is 0 Å². The molecule has 14 heavy (non-hydrogen) atoms. The fourth-order valence-electron chi connectivity index (χ4n) is 0.956. The first kappa shape index (κ1) is 10.7. The summed E-state index contributed by atoms with van der Waals surface area (Å²) in [7, 11) is 0. The molecule has 0 bridgehead atoms. The molecule has 0 saturated carbocycles. The van der Waals surface area contributed by atoms with E-state index in [4.69, 9.17) is 10.5 Å². The average molecular weight is 196 g/mol. The summed E-state index contributed by atoms with van der Waals surface area (Å²) in [5.41, 5.74) is 5.89. The maximum absolute atomic E-state index is 12.9. The molecule has 0 amide bonds. The standard InChI is InChI=1S/C10H13FN2O/c1-8-10(3-2-6-13-8)14-7-9(11)4-5-12/h2-4,6H,5,7,12H2,1H3/b9-4-. The van der Waals surface area contributed by atoms with Crippen molar-refractivity contribution in [3.63, 3.8) is 0 Å². The summed E-state index contributed by atoms with van der Waals surface area (Å²) in [6.07, 6.45) is 2.94.